The van der Waals surface area contributed by atoms with Crippen LogP contribution in [0.4, 0.5) is 0 Å². The number of aromatic nitrogens is 3. The molecule has 0 saturated carbocycles. The maximum Gasteiger partial charge on any atom is 0.147 e. The average molecular weight is 196 g/mol. The zero-order valence-corrected chi connectivity index (χ0v) is 9.49. The molecule has 0 spiro atoms. The van der Waals surface area contributed by atoms with E-state index < -0.39 is 0 Å². The van der Waals surface area contributed by atoms with E-state index in [1.165, 1.54) is 0 Å². The summed E-state index contributed by atoms with van der Waals surface area (Å²) in [5.74, 6) is 2.54. The van der Waals surface area contributed by atoms with Crippen LogP contribution in [0.25, 0.3) is 0 Å². The van der Waals surface area contributed by atoms with Crippen molar-refractivity contribution in [1.82, 2.24) is 14.8 Å². The van der Waals surface area contributed by atoms with E-state index in [1.807, 2.05) is 0 Å². The van der Waals surface area contributed by atoms with Crippen LogP contribution in [-0.4, -0.2) is 14.8 Å². The van der Waals surface area contributed by atoms with E-state index in [0.29, 0.717) is 18.5 Å². The highest BCUT2D eigenvalue weighted by Crippen LogP contribution is 2.14. The smallest absolute Gasteiger partial charge is 0.147 e. The average Bonchev–Trinajstić information content (AvgIpc) is 2.46. The molecule has 2 N–H and O–H groups in total. The molecular weight excluding hydrogens is 176 g/mol. The third kappa shape index (κ3) is 2.32. The van der Waals surface area contributed by atoms with Crippen LogP contribution in [0.1, 0.15) is 45.4 Å². The predicted octanol–water partition coefficient (Wildman–Crippen LogP) is 1.52. The molecule has 1 aromatic heterocycles. The van der Waals surface area contributed by atoms with Gasteiger partial charge < -0.3 is 10.3 Å². The molecule has 0 amide bonds. The molecule has 14 heavy (non-hydrogen) atoms. The minimum Gasteiger partial charge on any atom is -0.324 e. The molecule has 0 fully saturated rings. The summed E-state index contributed by atoms with van der Waals surface area (Å²) in [6.07, 6.45) is 0.963. The van der Waals surface area contributed by atoms with Gasteiger partial charge in [0, 0.05) is 12.5 Å². The molecule has 4 heteroatoms. The van der Waals surface area contributed by atoms with E-state index in [2.05, 4.69) is 42.5 Å². The molecule has 0 unspecified atom stereocenters. The topological polar surface area (TPSA) is 56.7 Å². The minimum absolute atomic E-state index is 0.386. The maximum atomic E-state index is 5.61. The fraction of sp³-hybridized carbons (Fsp3) is 0.800. The fourth-order valence-corrected chi connectivity index (χ4v) is 1.60. The second kappa shape index (κ2) is 4.55. The summed E-state index contributed by atoms with van der Waals surface area (Å²) < 4.78 is 2.14. The molecule has 0 aromatic carbocycles. The number of nitrogens with two attached hydrogens (primary N) is 1. The van der Waals surface area contributed by atoms with Gasteiger partial charge in [0.25, 0.3) is 0 Å². The summed E-state index contributed by atoms with van der Waals surface area (Å²) in [7, 11) is 0. The molecule has 80 valence electrons. The SMILES string of the molecule is CC(C)Cc1nnc(CN)n1C(C)C. The molecule has 0 saturated heterocycles. The van der Waals surface area contributed by atoms with Crippen molar-refractivity contribution < 1.29 is 0 Å². The number of nitrogens with zero attached hydrogens (tertiary/aromatic N) is 3. The molecule has 0 aliphatic rings. The molecule has 1 heterocycles. The first-order valence-electron chi connectivity index (χ1n) is 5.19. The highest BCUT2D eigenvalue weighted by molar-refractivity contribution is 4.98. The van der Waals surface area contributed by atoms with Crippen molar-refractivity contribution >= 4 is 0 Å². The van der Waals surface area contributed by atoms with E-state index in [9.17, 15) is 0 Å². The number of hydrogen-bond acceptors (Lipinski definition) is 3. The largest absolute Gasteiger partial charge is 0.324 e. The molecule has 0 bridgehead atoms. The lowest BCUT2D eigenvalue weighted by molar-refractivity contribution is 0.514. The summed E-state index contributed by atoms with van der Waals surface area (Å²) >= 11 is 0. The monoisotopic (exact) mass is 196 g/mol. The lowest BCUT2D eigenvalue weighted by Crippen LogP contribution is -2.14. The van der Waals surface area contributed by atoms with Gasteiger partial charge >= 0.3 is 0 Å². The Morgan fingerprint density at radius 1 is 1.14 bits per heavy atom. The minimum atomic E-state index is 0.386. The number of rotatable bonds is 4. The first-order valence-corrected chi connectivity index (χ1v) is 5.19. The first kappa shape index (κ1) is 11.2. The van der Waals surface area contributed by atoms with Crippen LogP contribution in [0.3, 0.4) is 0 Å². The van der Waals surface area contributed by atoms with Gasteiger partial charge in [-0.25, -0.2) is 0 Å². The van der Waals surface area contributed by atoms with E-state index >= 15 is 0 Å². The normalized spacial score (nSPS) is 11.6. The standard InChI is InChI=1S/C10H20N4/c1-7(2)5-9-12-13-10(6-11)14(9)8(3)4/h7-8H,5-6,11H2,1-4H3. The summed E-state index contributed by atoms with van der Waals surface area (Å²) in [5, 5.41) is 8.28. The Morgan fingerprint density at radius 2 is 1.71 bits per heavy atom. The Bertz CT molecular complexity index is 288. The first-order chi connectivity index (χ1) is 6.56. The van der Waals surface area contributed by atoms with Crippen molar-refractivity contribution in [3.05, 3.63) is 11.6 Å². The van der Waals surface area contributed by atoms with Gasteiger partial charge in [0.1, 0.15) is 11.6 Å². The van der Waals surface area contributed by atoms with Crippen LogP contribution in [0.5, 0.6) is 0 Å². The second-order valence-corrected chi connectivity index (χ2v) is 4.30. The van der Waals surface area contributed by atoms with Crippen molar-refractivity contribution in [1.29, 1.82) is 0 Å². The molecule has 0 aliphatic heterocycles. The number of hydrogen-bond donors (Lipinski definition) is 1. The van der Waals surface area contributed by atoms with E-state index in [0.717, 1.165) is 18.1 Å². The van der Waals surface area contributed by atoms with Gasteiger partial charge in [0.2, 0.25) is 0 Å². The highest BCUT2D eigenvalue weighted by Gasteiger charge is 2.13. The van der Waals surface area contributed by atoms with Crippen molar-refractivity contribution in [2.24, 2.45) is 11.7 Å². The predicted molar refractivity (Wildman–Crippen MR) is 56.8 cm³/mol. The lowest BCUT2D eigenvalue weighted by Gasteiger charge is -2.14. The highest BCUT2D eigenvalue weighted by atomic mass is 15.3. The van der Waals surface area contributed by atoms with Crippen LogP contribution < -0.4 is 5.73 Å². The van der Waals surface area contributed by atoms with Crippen molar-refractivity contribution in [2.75, 3.05) is 0 Å². The van der Waals surface area contributed by atoms with Crippen LogP contribution in [-0.2, 0) is 13.0 Å². The molecule has 0 atom stereocenters. The second-order valence-electron chi connectivity index (χ2n) is 4.30. The zero-order chi connectivity index (χ0) is 10.7. The zero-order valence-electron chi connectivity index (χ0n) is 9.49. The lowest BCUT2D eigenvalue weighted by atomic mass is 10.1. The third-order valence-corrected chi connectivity index (χ3v) is 2.13. The Balaban J connectivity index is 2.98. The molecule has 4 nitrogen and oxygen atoms in total. The van der Waals surface area contributed by atoms with Gasteiger partial charge in [-0.05, 0) is 19.8 Å². The van der Waals surface area contributed by atoms with Crippen molar-refractivity contribution in [3.63, 3.8) is 0 Å². The Hall–Kier alpha value is -0.900. The third-order valence-electron chi connectivity index (χ3n) is 2.13. The van der Waals surface area contributed by atoms with Gasteiger partial charge in [0.15, 0.2) is 0 Å². The Labute approximate surface area is 85.5 Å². The van der Waals surface area contributed by atoms with Gasteiger partial charge in [0.05, 0.1) is 6.54 Å². The summed E-state index contributed by atoms with van der Waals surface area (Å²) in [6, 6.07) is 0.386. The summed E-state index contributed by atoms with van der Waals surface area (Å²) in [5.41, 5.74) is 5.61. The Morgan fingerprint density at radius 3 is 2.14 bits per heavy atom. The van der Waals surface area contributed by atoms with Crippen LogP contribution in [0.15, 0.2) is 0 Å². The van der Waals surface area contributed by atoms with Crippen LogP contribution >= 0.6 is 0 Å². The van der Waals surface area contributed by atoms with Crippen molar-refractivity contribution in [2.45, 2.75) is 46.7 Å². The Kier molecular flexibility index (Phi) is 3.63. The van der Waals surface area contributed by atoms with Gasteiger partial charge in [-0.3, -0.25) is 0 Å². The van der Waals surface area contributed by atoms with Crippen LogP contribution in [0.2, 0.25) is 0 Å². The summed E-state index contributed by atoms with van der Waals surface area (Å²) in [6.45, 7) is 9.09. The molecule has 1 aromatic rings. The van der Waals surface area contributed by atoms with Gasteiger partial charge in [-0.1, -0.05) is 13.8 Å². The quantitative estimate of drug-likeness (QED) is 0.794. The molecular formula is C10H20N4. The maximum absolute atomic E-state index is 5.61. The van der Waals surface area contributed by atoms with E-state index in [1.54, 1.807) is 0 Å². The molecule has 0 aliphatic carbocycles. The van der Waals surface area contributed by atoms with E-state index in [4.69, 9.17) is 5.73 Å². The van der Waals surface area contributed by atoms with Gasteiger partial charge in [-0.15, -0.1) is 10.2 Å². The van der Waals surface area contributed by atoms with Crippen molar-refractivity contribution in [3.8, 4) is 0 Å². The van der Waals surface area contributed by atoms with Crippen LogP contribution in [0, 0.1) is 5.92 Å². The molecule has 0 radical (unpaired) electrons. The molecule has 1 rings (SSSR count). The fourth-order valence-electron chi connectivity index (χ4n) is 1.60. The van der Waals surface area contributed by atoms with E-state index in [-0.39, 0.29) is 0 Å². The van der Waals surface area contributed by atoms with Gasteiger partial charge in [-0.2, -0.15) is 0 Å². The summed E-state index contributed by atoms with van der Waals surface area (Å²) in [4.78, 5) is 0.